The molecule has 3 N–H and O–H groups in total. The monoisotopic (exact) mass is 536 g/mol. The number of hydrogen-bond acceptors (Lipinski definition) is 8. The summed E-state index contributed by atoms with van der Waals surface area (Å²) in [5.41, 5.74) is 1.25. The second kappa shape index (κ2) is 15.7. The minimum absolute atomic E-state index is 0.136. The van der Waals surface area contributed by atoms with Gasteiger partial charge in [0.25, 0.3) is 5.91 Å². The van der Waals surface area contributed by atoms with Gasteiger partial charge in [-0.15, -0.1) is 0 Å². The molecule has 0 fully saturated rings. The van der Waals surface area contributed by atoms with Crippen molar-refractivity contribution in [2.45, 2.75) is 19.2 Å². The van der Waals surface area contributed by atoms with Crippen molar-refractivity contribution in [2.24, 2.45) is 0 Å². The summed E-state index contributed by atoms with van der Waals surface area (Å²) in [7, 11) is 4.56. The van der Waals surface area contributed by atoms with Gasteiger partial charge in [-0.25, -0.2) is 4.79 Å². The van der Waals surface area contributed by atoms with E-state index in [0.717, 1.165) is 5.69 Å². The van der Waals surface area contributed by atoms with Crippen LogP contribution in [0.25, 0.3) is 0 Å². The molecule has 9 nitrogen and oxygen atoms in total. The van der Waals surface area contributed by atoms with Gasteiger partial charge in [-0.05, 0) is 30.3 Å². The molecular formula is C21H23F3N2O7S2. The predicted molar refractivity (Wildman–Crippen MR) is 125 cm³/mol. The van der Waals surface area contributed by atoms with Crippen LogP contribution >= 0.6 is 21.6 Å². The average Bonchev–Trinajstić information content (AvgIpc) is 2.82. The summed E-state index contributed by atoms with van der Waals surface area (Å²) >= 11 is 0. The fourth-order valence-electron chi connectivity index (χ4n) is 2.12. The van der Waals surface area contributed by atoms with Crippen LogP contribution in [0, 0.1) is 0 Å². The van der Waals surface area contributed by atoms with E-state index in [1.165, 1.54) is 21.6 Å². The molecule has 1 heterocycles. The van der Waals surface area contributed by atoms with Crippen LogP contribution in [-0.2, 0) is 16.2 Å². The quantitative estimate of drug-likeness (QED) is 0.271. The average molecular weight is 537 g/mol. The minimum Gasteiger partial charge on any atom is -0.493 e. The summed E-state index contributed by atoms with van der Waals surface area (Å²) in [6, 6.07) is 10.6. The Kier molecular flexibility index (Phi) is 13.4. The van der Waals surface area contributed by atoms with Crippen molar-refractivity contribution in [1.82, 2.24) is 10.3 Å². The third-order valence-electron chi connectivity index (χ3n) is 3.72. The lowest BCUT2D eigenvalue weighted by Gasteiger charge is -2.12. The van der Waals surface area contributed by atoms with E-state index in [4.69, 9.17) is 24.5 Å². The Labute approximate surface area is 206 Å². The lowest BCUT2D eigenvalue weighted by molar-refractivity contribution is -0.192. The Balaban J connectivity index is 0.000000762. The number of rotatable bonds is 12. The highest BCUT2D eigenvalue weighted by atomic mass is 33.1. The zero-order valence-electron chi connectivity index (χ0n) is 18.4. The van der Waals surface area contributed by atoms with Gasteiger partial charge in [0.1, 0.15) is 6.61 Å². The molecule has 0 radical (unpaired) electrons. The number of methoxy groups -OCH3 is 1. The molecule has 192 valence electrons. The molecule has 0 saturated carbocycles. The molecule has 35 heavy (non-hydrogen) atoms. The number of aliphatic carboxylic acids is 2. The van der Waals surface area contributed by atoms with Gasteiger partial charge in [-0.2, -0.15) is 13.2 Å². The number of benzene rings is 1. The lowest BCUT2D eigenvalue weighted by Crippen LogP contribution is -2.25. The number of carbonyl (C=O) groups excluding carboxylic acids is 1. The normalized spacial score (nSPS) is 10.5. The lowest BCUT2D eigenvalue weighted by atomic mass is 10.2. The van der Waals surface area contributed by atoms with Crippen LogP contribution in [0.2, 0.25) is 0 Å². The van der Waals surface area contributed by atoms with E-state index in [-0.39, 0.29) is 18.9 Å². The Bertz CT molecular complexity index is 964. The molecule has 1 aromatic heterocycles. The summed E-state index contributed by atoms with van der Waals surface area (Å²) in [4.78, 5) is 35.9. The second-order valence-electron chi connectivity index (χ2n) is 6.32. The summed E-state index contributed by atoms with van der Waals surface area (Å²) in [5, 5.41) is 18.5. The molecule has 2 aromatic rings. The first-order valence-electron chi connectivity index (χ1n) is 9.79. The fourth-order valence-corrected chi connectivity index (χ4v) is 4.01. The molecule has 0 spiro atoms. The van der Waals surface area contributed by atoms with Crippen molar-refractivity contribution < 1.29 is 47.2 Å². The van der Waals surface area contributed by atoms with Crippen molar-refractivity contribution in [1.29, 1.82) is 0 Å². The van der Waals surface area contributed by atoms with Crippen LogP contribution in [0.5, 0.6) is 11.5 Å². The molecule has 1 aromatic carbocycles. The topological polar surface area (TPSA) is 135 Å². The molecular weight excluding hydrogens is 513 g/mol. The van der Waals surface area contributed by atoms with Gasteiger partial charge in [-0.3, -0.25) is 14.6 Å². The van der Waals surface area contributed by atoms with Gasteiger partial charge >= 0.3 is 18.1 Å². The number of carboxylic acid groups (broad SMARTS) is 2. The van der Waals surface area contributed by atoms with Crippen LogP contribution in [0.15, 0.2) is 42.6 Å². The van der Waals surface area contributed by atoms with Crippen molar-refractivity contribution in [3.63, 3.8) is 0 Å². The summed E-state index contributed by atoms with van der Waals surface area (Å²) in [6.07, 6.45) is -3.26. The Hall–Kier alpha value is -3.13. The van der Waals surface area contributed by atoms with E-state index in [1.807, 2.05) is 18.2 Å². The number of nitrogens with one attached hydrogen (secondary N) is 1. The molecule has 0 aliphatic heterocycles. The molecule has 0 bridgehead atoms. The fraction of sp³-hybridized carbons (Fsp3) is 0.333. The van der Waals surface area contributed by atoms with E-state index in [9.17, 15) is 22.8 Å². The maximum absolute atomic E-state index is 12.3. The largest absolute Gasteiger partial charge is 0.493 e. The highest BCUT2D eigenvalue weighted by Gasteiger charge is 2.38. The number of halogens is 3. The van der Waals surface area contributed by atoms with Gasteiger partial charge < -0.3 is 25.0 Å². The predicted octanol–water partition coefficient (Wildman–Crippen LogP) is 3.89. The van der Waals surface area contributed by atoms with E-state index >= 15 is 0 Å². The number of aromatic nitrogens is 1. The number of alkyl halides is 3. The Morgan fingerprint density at radius 2 is 1.74 bits per heavy atom. The van der Waals surface area contributed by atoms with Gasteiger partial charge in [0.15, 0.2) is 11.5 Å². The summed E-state index contributed by atoms with van der Waals surface area (Å²) in [6.45, 7) is 0.756. The van der Waals surface area contributed by atoms with Crippen molar-refractivity contribution in [3.8, 4) is 11.5 Å². The first kappa shape index (κ1) is 29.9. The number of amides is 1. The van der Waals surface area contributed by atoms with Crippen LogP contribution < -0.4 is 14.8 Å². The molecule has 0 unspecified atom stereocenters. The number of nitrogens with zero attached hydrogens (tertiary/aromatic N) is 1. The molecule has 14 heteroatoms. The van der Waals surface area contributed by atoms with E-state index < -0.39 is 18.1 Å². The van der Waals surface area contributed by atoms with Crippen molar-refractivity contribution in [3.05, 3.63) is 53.9 Å². The number of pyridine rings is 1. The standard InChI is InChI=1S/C19H22N2O5S2.C2HF3O2/c1-25-16-6-5-14(12-17(16)26-13-15-4-2-3-8-20-15)19(24)21-9-11-28-27-10-7-18(22)23;3-2(4,5)1(6)7/h2-6,8,12H,7,9-11,13H2,1H3,(H,21,24)(H,22,23);(H,6,7). The van der Waals surface area contributed by atoms with Crippen molar-refractivity contribution >= 4 is 39.4 Å². The van der Waals surface area contributed by atoms with Gasteiger partial charge in [0.05, 0.1) is 19.2 Å². The van der Waals surface area contributed by atoms with Crippen LogP contribution in [0.3, 0.4) is 0 Å². The maximum atomic E-state index is 12.3. The Morgan fingerprint density at radius 1 is 1.06 bits per heavy atom. The highest BCUT2D eigenvalue weighted by molar-refractivity contribution is 8.76. The smallest absolute Gasteiger partial charge is 0.490 e. The second-order valence-corrected chi connectivity index (χ2v) is 9.02. The molecule has 1 amide bonds. The molecule has 0 aliphatic carbocycles. The summed E-state index contributed by atoms with van der Waals surface area (Å²) < 4.78 is 42.8. The molecule has 0 aliphatic rings. The zero-order chi connectivity index (χ0) is 26.3. The minimum atomic E-state index is -5.08. The van der Waals surface area contributed by atoms with E-state index in [1.54, 1.807) is 31.5 Å². The van der Waals surface area contributed by atoms with Crippen LogP contribution in [-0.4, -0.2) is 64.4 Å². The first-order valence-corrected chi connectivity index (χ1v) is 12.3. The SMILES string of the molecule is COc1ccc(C(=O)NCCSSCCC(=O)O)cc1OCc1ccccn1.O=C(O)C(F)(F)F. The van der Waals surface area contributed by atoms with Gasteiger partial charge in [-0.1, -0.05) is 27.7 Å². The number of ether oxygens (including phenoxy) is 2. The number of hydrogen-bond donors (Lipinski definition) is 3. The van der Waals surface area contributed by atoms with Crippen molar-refractivity contribution in [2.75, 3.05) is 25.2 Å². The first-order chi connectivity index (χ1) is 16.5. The zero-order valence-corrected chi connectivity index (χ0v) is 20.0. The maximum Gasteiger partial charge on any atom is 0.490 e. The van der Waals surface area contributed by atoms with Crippen LogP contribution in [0.4, 0.5) is 13.2 Å². The summed E-state index contributed by atoms with van der Waals surface area (Å²) in [5.74, 6) is -1.52. The Morgan fingerprint density at radius 3 is 2.31 bits per heavy atom. The van der Waals surface area contributed by atoms with Crippen LogP contribution in [0.1, 0.15) is 22.5 Å². The molecule has 0 saturated heterocycles. The van der Waals surface area contributed by atoms with E-state index in [2.05, 4.69) is 10.3 Å². The number of carboxylic acids is 2. The third kappa shape index (κ3) is 12.8. The van der Waals surface area contributed by atoms with Gasteiger partial charge in [0, 0.05) is 29.8 Å². The van der Waals surface area contributed by atoms with Gasteiger partial charge in [0.2, 0.25) is 0 Å². The molecule has 0 atom stereocenters. The molecule has 2 rings (SSSR count). The number of carbonyl (C=O) groups is 3. The van der Waals surface area contributed by atoms with E-state index in [0.29, 0.717) is 35.1 Å². The highest BCUT2D eigenvalue weighted by Crippen LogP contribution is 2.29. The third-order valence-corrected chi connectivity index (χ3v) is 6.13.